The first-order chi connectivity index (χ1) is 8.02. The van der Waals surface area contributed by atoms with Gasteiger partial charge < -0.3 is 5.32 Å². The van der Waals surface area contributed by atoms with E-state index >= 15 is 0 Å². The summed E-state index contributed by atoms with van der Waals surface area (Å²) in [6, 6.07) is 5.58. The van der Waals surface area contributed by atoms with Gasteiger partial charge in [-0.1, -0.05) is 26.8 Å². The van der Waals surface area contributed by atoms with Crippen molar-refractivity contribution in [3.8, 4) is 0 Å². The second kappa shape index (κ2) is 6.75. The Labute approximate surface area is 104 Å². The van der Waals surface area contributed by atoms with Crippen LogP contribution in [-0.2, 0) is 6.42 Å². The molecule has 0 saturated heterocycles. The van der Waals surface area contributed by atoms with Crippen molar-refractivity contribution >= 4 is 0 Å². The summed E-state index contributed by atoms with van der Waals surface area (Å²) in [5, 5.41) is 3.51. The molecule has 17 heavy (non-hydrogen) atoms. The third kappa shape index (κ3) is 4.86. The second-order valence-electron chi connectivity index (χ2n) is 5.16. The van der Waals surface area contributed by atoms with E-state index in [1.54, 1.807) is 12.1 Å². The molecule has 0 radical (unpaired) electrons. The first-order valence-corrected chi connectivity index (χ1v) is 6.51. The minimum Gasteiger partial charge on any atom is -0.314 e. The topological polar surface area (TPSA) is 12.0 Å². The zero-order valence-electron chi connectivity index (χ0n) is 11.4. The molecule has 1 nitrogen and oxygen atoms in total. The van der Waals surface area contributed by atoms with Crippen molar-refractivity contribution in [2.24, 2.45) is 5.92 Å². The van der Waals surface area contributed by atoms with Crippen LogP contribution in [0.25, 0.3) is 0 Å². The van der Waals surface area contributed by atoms with Crippen molar-refractivity contribution in [3.63, 3.8) is 0 Å². The Balaban J connectivity index is 2.71. The first kappa shape index (κ1) is 14.2. The number of rotatable bonds is 6. The monoisotopic (exact) mass is 237 g/mol. The predicted molar refractivity (Wildman–Crippen MR) is 71.8 cm³/mol. The molecule has 1 rings (SSSR count). The van der Waals surface area contributed by atoms with Gasteiger partial charge in [0.25, 0.3) is 0 Å². The normalized spacial score (nSPS) is 13.1. The first-order valence-electron chi connectivity index (χ1n) is 6.51. The Kier molecular flexibility index (Phi) is 5.63. The van der Waals surface area contributed by atoms with E-state index < -0.39 is 0 Å². The molecular weight excluding hydrogens is 213 g/mol. The zero-order valence-corrected chi connectivity index (χ0v) is 11.4. The van der Waals surface area contributed by atoms with E-state index in [9.17, 15) is 4.39 Å². The van der Waals surface area contributed by atoms with Gasteiger partial charge in [0.15, 0.2) is 0 Å². The van der Waals surface area contributed by atoms with E-state index in [-0.39, 0.29) is 5.82 Å². The van der Waals surface area contributed by atoms with Gasteiger partial charge in [0.1, 0.15) is 5.82 Å². The summed E-state index contributed by atoms with van der Waals surface area (Å²) in [7, 11) is 0. The van der Waals surface area contributed by atoms with Gasteiger partial charge in [0.2, 0.25) is 0 Å². The highest BCUT2D eigenvalue weighted by Crippen LogP contribution is 2.15. The maximum atomic E-state index is 13.0. The maximum Gasteiger partial charge on any atom is 0.123 e. The Hall–Kier alpha value is -0.890. The van der Waals surface area contributed by atoms with Gasteiger partial charge in [0, 0.05) is 6.04 Å². The number of aryl methyl sites for hydroxylation is 1. The molecule has 96 valence electrons. The molecule has 0 bridgehead atoms. The van der Waals surface area contributed by atoms with Gasteiger partial charge in [0.05, 0.1) is 0 Å². The van der Waals surface area contributed by atoms with Crippen LogP contribution >= 0.6 is 0 Å². The summed E-state index contributed by atoms with van der Waals surface area (Å²) in [5.41, 5.74) is 2.30. The van der Waals surface area contributed by atoms with Crippen molar-refractivity contribution < 1.29 is 4.39 Å². The van der Waals surface area contributed by atoms with Crippen LogP contribution in [0.3, 0.4) is 0 Å². The number of likely N-dealkylation sites (N-methyl/N-ethyl adjacent to an activating group) is 1. The summed E-state index contributed by atoms with van der Waals surface area (Å²) in [6.07, 6.45) is 2.14. The van der Waals surface area contributed by atoms with Crippen LogP contribution in [0.2, 0.25) is 0 Å². The largest absolute Gasteiger partial charge is 0.314 e. The molecule has 2 heteroatoms. The number of benzene rings is 1. The van der Waals surface area contributed by atoms with Crippen LogP contribution < -0.4 is 5.32 Å². The molecule has 1 N–H and O–H groups in total. The van der Waals surface area contributed by atoms with Crippen LogP contribution in [0.15, 0.2) is 18.2 Å². The van der Waals surface area contributed by atoms with Gasteiger partial charge in [-0.15, -0.1) is 0 Å². The fraction of sp³-hybridized carbons (Fsp3) is 0.600. The van der Waals surface area contributed by atoms with Crippen LogP contribution in [0.5, 0.6) is 0 Å². The molecule has 1 aromatic carbocycles. The third-order valence-electron chi connectivity index (χ3n) is 3.02. The van der Waals surface area contributed by atoms with Gasteiger partial charge in [-0.25, -0.2) is 4.39 Å². The van der Waals surface area contributed by atoms with Gasteiger partial charge in [-0.2, -0.15) is 0 Å². The van der Waals surface area contributed by atoms with Gasteiger partial charge >= 0.3 is 0 Å². The molecule has 1 unspecified atom stereocenters. The Morgan fingerprint density at radius 3 is 2.53 bits per heavy atom. The van der Waals surface area contributed by atoms with E-state index in [0.29, 0.717) is 12.0 Å². The Morgan fingerprint density at radius 1 is 1.29 bits per heavy atom. The second-order valence-corrected chi connectivity index (χ2v) is 5.16. The molecule has 1 atom stereocenters. The van der Waals surface area contributed by atoms with E-state index in [1.807, 2.05) is 13.0 Å². The lowest BCUT2D eigenvalue weighted by atomic mass is 9.95. The number of hydrogen-bond donors (Lipinski definition) is 1. The molecule has 0 aliphatic carbocycles. The van der Waals surface area contributed by atoms with Crippen LogP contribution in [0, 0.1) is 18.7 Å². The lowest BCUT2D eigenvalue weighted by Gasteiger charge is -2.21. The SMILES string of the molecule is CCNC(Cc1ccc(F)cc1C)CC(C)C. The molecule has 0 spiro atoms. The van der Waals surface area contributed by atoms with Crippen molar-refractivity contribution in [3.05, 3.63) is 35.1 Å². The molecule has 0 saturated carbocycles. The highest BCUT2D eigenvalue weighted by atomic mass is 19.1. The van der Waals surface area contributed by atoms with Gasteiger partial charge in [-0.05, 0) is 55.5 Å². The van der Waals surface area contributed by atoms with Crippen molar-refractivity contribution in [2.75, 3.05) is 6.54 Å². The third-order valence-corrected chi connectivity index (χ3v) is 3.02. The van der Waals surface area contributed by atoms with E-state index in [4.69, 9.17) is 0 Å². The lowest BCUT2D eigenvalue weighted by Crippen LogP contribution is -2.32. The Bertz CT molecular complexity index is 347. The van der Waals surface area contributed by atoms with Crippen molar-refractivity contribution in [1.82, 2.24) is 5.32 Å². The predicted octanol–water partition coefficient (Wildman–Crippen LogP) is 3.70. The molecule has 0 aromatic heterocycles. The minimum absolute atomic E-state index is 0.143. The lowest BCUT2D eigenvalue weighted by molar-refractivity contribution is 0.423. The molecule has 0 fully saturated rings. The smallest absolute Gasteiger partial charge is 0.123 e. The summed E-state index contributed by atoms with van der Waals surface area (Å²) in [5.74, 6) is 0.537. The van der Waals surface area contributed by atoms with E-state index in [0.717, 1.165) is 24.9 Å². The van der Waals surface area contributed by atoms with Crippen LogP contribution in [0.1, 0.15) is 38.3 Å². The number of halogens is 1. The number of hydrogen-bond acceptors (Lipinski definition) is 1. The molecule has 1 aromatic rings. The van der Waals surface area contributed by atoms with E-state index in [1.165, 1.54) is 5.56 Å². The molecular formula is C15H24FN. The summed E-state index contributed by atoms with van der Waals surface area (Å²) < 4.78 is 13.0. The molecule has 0 aliphatic heterocycles. The van der Waals surface area contributed by atoms with E-state index in [2.05, 4.69) is 26.1 Å². The fourth-order valence-corrected chi connectivity index (χ4v) is 2.25. The van der Waals surface area contributed by atoms with Crippen LogP contribution in [0.4, 0.5) is 4.39 Å². The highest BCUT2D eigenvalue weighted by Gasteiger charge is 2.12. The average molecular weight is 237 g/mol. The summed E-state index contributed by atoms with van der Waals surface area (Å²) in [4.78, 5) is 0. The summed E-state index contributed by atoms with van der Waals surface area (Å²) >= 11 is 0. The minimum atomic E-state index is -0.143. The van der Waals surface area contributed by atoms with Crippen molar-refractivity contribution in [1.29, 1.82) is 0 Å². The van der Waals surface area contributed by atoms with Crippen LogP contribution in [-0.4, -0.2) is 12.6 Å². The fourth-order valence-electron chi connectivity index (χ4n) is 2.25. The highest BCUT2D eigenvalue weighted by molar-refractivity contribution is 5.27. The zero-order chi connectivity index (χ0) is 12.8. The molecule has 0 heterocycles. The summed E-state index contributed by atoms with van der Waals surface area (Å²) in [6.45, 7) is 9.57. The van der Waals surface area contributed by atoms with Gasteiger partial charge in [-0.3, -0.25) is 0 Å². The maximum absolute atomic E-state index is 13.0. The number of nitrogens with one attached hydrogen (secondary N) is 1. The standard InChI is InChI=1S/C15H24FN/c1-5-17-15(8-11(2)3)10-13-6-7-14(16)9-12(13)4/h6-7,9,11,15,17H,5,8,10H2,1-4H3. The quantitative estimate of drug-likeness (QED) is 0.795. The van der Waals surface area contributed by atoms with Crippen molar-refractivity contribution in [2.45, 2.75) is 46.6 Å². The average Bonchev–Trinajstić information content (AvgIpc) is 2.21. The Morgan fingerprint density at radius 2 is 2.00 bits per heavy atom. The molecule has 0 aliphatic rings. The molecule has 0 amide bonds.